The van der Waals surface area contributed by atoms with E-state index in [4.69, 9.17) is 0 Å². The normalized spacial score (nSPS) is 13.4. The zero-order chi connectivity index (χ0) is 11.6. The Balaban J connectivity index is 0.00000144. The first-order chi connectivity index (χ1) is 7.62. The maximum atomic E-state index is 2.58. The van der Waals surface area contributed by atoms with E-state index in [1.54, 1.807) is 9.06 Å². The number of hydrogen-bond donors (Lipinski definition) is 0. The molecule has 4 heteroatoms. The van der Waals surface area contributed by atoms with Crippen molar-refractivity contribution in [2.75, 3.05) is 0 Å². The van der Waals surface area contributed by atoms with E-state index in [1.807, 2.05) is 0 Å². The third-order valence-corrected chi connectivity index (χ3v) is 21.3. The summed E-state index contributed by atoms with van der Waals surface area (Å²) in [7, 11) is 0. The van der Waals surface area contributed by atoms with E-state index in [0.29, 0.717) is 0 Å². The van der Waals surface area contributed by atoms with Crippen LogP contribution in [-0.2, 0) is 15.3 Å². The summed E-state index contributed by atoms with van der Waals surface area (Å²) < 4.78 is 1.78. The number of rotatable bonds is 2. The van der Waals surface area contributed by atoms with Gasteiger partial charge in [-0.3, -0.25) is 0 Å². The van der Waals surface area contributed by atoms with Crippen LogP contribution in [0.25, 0.3) is 0 Å². The fourth-order valence-electron chi connectivity index (χ4n) is 2.20. The predicted octanol–water partition coefficient (Wildman–Crippen LogP) is 4.45. The van der Waals surface area contributed by atoms with Gasteiger partial charge in [0, 0.05) is 0 Å². The van der Waals surface area contributed by atoms with Crippen LogP contribution in [-0.4, -0.2) is 6.19 Å². The number of allylic oxidation sites excluding steroid dienone is 4. The molecule has 0 radical (unpaired) electrons. The van der Waals surface area contributed by atoms with Crippen molar-refractivity contribution in [1.29, 1.82) is 0 Å². The molecule has 0 saturated carbocycles. The summed E-state index contributed by atoms with van der Waals surface area (Å²) >= 11 is -1.76. The minimum atomic E-state index is -1.76. The molecular formula is C14H21Cl2SiTi. The van der Waals surface area contributed by atoms with Crippen molar-refractivity contribution in [3.05, 3.63) is 52.4 Å². The largest absolute Gasteiger partial charge is 0.147 e. The Morgan fingerprint density at radius 1 is 1.06 bits per heavy atom. The van der Waals surface area contributed by atoms with Gasteiger partial charge in [-0.25, -0.2) is 0 Å². The Kier molecular flexibility index (Phi) is 7.81. The average Bonchev–Trinajstić information content (AvgIpc) is 2.83. The predicted molar refractivity (Wildman–Crippen MR) is 85.8 cm³/mol. The van der Waals surface area contributed by atoms with E-state index < -0.39 is 15.3 Å². The molecule has 2 rings (SSSR count). The van der Waals surface area contributed by atoms with Crippen molar-refractivity contribution in [2.45, 2.75) is 23.4 Å². The second kappa shape index (κ2) is 7.72. The first-order valence-corrected chi connectivity index (χ1v) is 14.1. The molecule has 0 aliphatic heterocycles. The van der Waals surface area contributed by atoms with Crippen molar-refractivity contribution in [2.24, 2.45) is 0 Å². The minimum absolute atomic E-state index is 0. The summed E-state index contributed by atoms with van der Waals surface area (Å²) in [6.45, 7) is 2.51. The van der Waals surface area contributed by atoms with E-state index in [-0.39, 0.29) is 31.0 Å². The van der Waals surface area contributed by atoms with Gasteiger partial charge in [0.25, 0.3) is 0 Å². The molecule has 0 nitrogen and oxygen atoms in total. The molecule has 0 heterocycles. The monoisotopic (exact) mass is 335 g/mol. The number of benzene rings is 1. The van der Waals surface area contributed by atoms with Crippen LogP contribution >= 0.6 is 24.8 Å². The van der Waals surface area contributed by atoms with E-state index in [0.717, 1.165) is 0 Å². The minimum Gasteiger partial charge on any atom is -0.147 e. The van der Waals surface area contributed by atoms with Crippen LogP contribution < -0.4 is 5.19 Å². The molecule has 1 aromatic rings. The second-order valence-electron chi connectivity index (χ2n) is 4.94. The van der Waals surface area contributed by atoms with E-state index >= 15 is 0 Å². The van der Waals surface area contributed by atoms with Crippen molar-refractivity contribution >= 4 is 36.2 Å². The quantitative estimate of drug-likeness (QED) is 0.700. The van der Waals surface area contributed by atoms with Crippen LogP contribution in [0.2, 0.25) is 17.0 Å². The van der Waals surface area contributed by atoms with Gasteiger partial charge < -0.3 is 0 Å². The Bertz CT molecular complexity index is 498. The summed E-state index contributed by atoms with van der Waals surface area (Å²) in [6, 6.07) is 11.1. The van der Waals surface area contributed by atoms with Gasteiger partial charge in [0.05, 0.1) is 0 Å². The second-order valence-corrected chi connectivity index (χ2v) is 21.5. The molecule has 1 aliphatic carbocycles. The van der Waals surface area contributed by atoms with Crippen LogP contribution in [0, 0.1) is 0 Å². The van der Waals surface area contributed by atoms with Crippen molar-refractivity contribution in [3.63, 3.8) is 0 Å². The summed E-state index contributed by atoms with van der Waals surface area (Å²) in [4.78, 5) is 0. The summed E-state index contributed by atoms with van der Waals surface area (Å²) in [5, 5.41) is 6.78. The topological polar surface area (TPSA) is 0 Å². The Labute approximate surface area is 127 Å². The van der Waals surface area contributed by atoms with Gasteiger partial charge in [-0.05, 0) is 0 Å². The van der Waals surface area contributed by atoms with Gasteiger partial charge in [-0.15, -0.1) is 24.8 Å². The molecule has 99 valence electrons. The molecule has 0 aromatic heterocycles. The molecule has 1 aromatic carbocycles. The molecule has 0 unspecified atom stereocenters. The maximum absolute atomic E-state index is 2.58. The SMILES string of the molecule is C[Si](c1ccccc1)=[Ti]([CH3])([CH3])[C]1=CC=CC1.Cl.Cl. The molecule has 0 bridgehead atoms. The molecule has 18 heavy (non-hydrogen) atoms. The first-order valence-electron chi connectivity index (χ1n) is 5.88. The Hall–Kier alpha value is 0.211. The summed E-state index contributed by atoms with van der Waals surface area (Å²) in [6.07, 6.45) is 7.81. The number of halogens is 2. The van der Waals surface area contributed by atoms with E-state index in [9.17, 15) is 0 Å². The fraction of sp³-hybridized carbons (Fsp3) is 0.286. The number of hydrogen-bond acceptors (Lipinski definition) is 0. The molecular weight excluding hydrogens is 315 g/mol. The standard InChI is InChI=1S/C7H8Si.C5H5.2CH3.2ClH.Ti/c1-8-7-5-3-2-4-6-7;1-2-4-5-3-1;;;;;/h2-6H,1H3;1-3H,4H2;2*1H3;2*1H;. The van der Waals surface area contributed by atoms with E-state index in [2.05, 4.69) is 65.6 Å². The van der Waals surface area contributed by atoms with Gasteiger partial charge in [-0.2, -0.15) is 0 Å². The summed E-state index contributed by atoms with van der Waals surface area (Å²) in [5.74, 6) is 0. The van der Waals surface area contributed by atoms with Crippen LogP contribution in [0.15, 0.2) is 52.4 Å². The van der Waals surface area contributed by atoms with E-state index in [1.165, 1.54) is 6.42 Å². The zero-order valence-electron chi connectivity index (χ0n) is 11.1. The van der Waals surface area contributed by atoms with Gasteiger partial charge in [-0.1, -0.05) is 0 Å². The van der Waals surface area contributed by atoms with Gasteiger partial charge >= 0.3 is 103 Å². The molecule has 0 saturated heterocycles. The average molecular weight is 336 g/mol. The third kappa shape index (κ3) is 3.85. The van der Waals surface area contributed by atoms with Crippen LogP contribution in [0.5, 0.6) is 0 Å². The molecule has 0 N–H and O–H groups in total. The first kappa shape index (κ1) is 18.2. The van der Waals surface area contributed by atoms with Gasteiger partial charge in [0.15, 0.2) is 0 Å². The molecule has 1 aliphatic rings. The third-order valence-electron chi connectivity index (χ3n) is 3.72. The Morgan fingerprint density at radius 3 is 2.17 bits per heavy atom. The molecule has 0 spiro atoms. The smallest absolute Gasteiger partial charge is 0.147 e. The van der Waals surface area contributed by atoms with Gasteiger partial charge in [0.1, 0.15) is 0 Å². The van der Waals surface area contributed by atoms with Crippen molar-refractivity contribution in [3.8, 4) is 0 Å². The molecule has 0 amide bonds. The van der Waals surface area contributed by atoms with Crippen molar-refractivity contribution < 1.29 is 15.3 Å². The van der Waals surface area contributed by atoms with Gasteiger partial charge in [0.2, 0.25) is 0 Å². The van der Waals surface area contributed by atoms with Crippen LogP contribution in [0.3, 0.4) is 0 Å². The van der Waals surface area contributed by atoms with Crippen LogP contribution in [0.4, 0.5) is 0 Å². The fourth-order valence-corrected chi connectivity index (χ4v) is 13.1. The van der Waals surface area contributed by atoms with Crippen LogP contribution in [0.1, 0.15) is 6.42 Å². The van der Waals surface area contributed by atoms with Crippen molar-refractivity contribution in [1.82, 2.24) is 0 Å². The maximum Gasteiger partial charge on any atom is -0.147 e. The molecule has 0 fully saturated rings. The summed E-state index contributed by atoms with van der Waals surface area (Å²) in [5.41, 5.74) is 0. The zero-order valence-corrected chi connectivity index (χ0v) is 15.3. The molecule has 0 atom stereocenters. The Morgan fingerprint density at radius 2 is 1.67 bits per heavy atom.